The summed E-state index contributed by atoms with van der Waals surface area (Å²) in [7, 11) is 0. The van der Waals surface area contributed by atoms with Crippen LogP contribution >= 0.6 is 11.8 Å². The van der Waals surface area contributed by atoms with Crippen molar-refractivity contribution in [3.05, 3.63) is 0 Å². The van der Waals surface area contributed by atoms with Crippen LogP contribution in [-0.4, -0.2) is 15.6 Å². The standard InChI is InChI=1S/C2H4N2O2S2/c1-7-2-3-6-8(5)4-2/h1H3,(H,3,4). The molecule has 0 spiro atoms. The Kier molecular flexibility index (Phi) is 1.87. The molecule has 0 aromatic carbocycles. The fraction of sp³-hybridized carbons (Fsp3) is 0.500. The van der Waals surface area contributed by atoms with Gasteiger partial charge in [0.2, 0.25) is 0 Å². The van der Waals surface area contributed by atoms with Gasteiger partial charge in [-0.05, 0) is 6.26 Å². The molecule has 0 saturated carbocycles. The maximum absolute atomic E-state index is 10.2. The zero-order valence-corrected chi connectivity index (χ0v) is 5.71. The average Bonchev–Trinajstić information content (AvgIpc) is 2.14. The van der Waals surface area contributed by atoms with Crippen LogP contribution in [0.1, 0.15) is 0 Å². The number of hydroxylamine groups is 1. The van der Waals surface area contributed by atoms with Gasteiger partial charge in [0.15, 0.2) is 5.17 Å². The molecule has 0 aromatic heterocycles. The minimum Gasteiger partial charge on any atom is -0.226 e. The van der Waals surface area contributed by atoms with E-state index in [1.54, 1.807) is 0 Å². The lowest BCUT2D eigenvalue weighted by Crippen LogP contribution is -2.11. The van der Waals surface area contributed by atoms with Crippen molar-refractivity contribution < 1.29 is 8.49 Å². The van der Waals surface area contributed by atoms with Crippen LogP contribution in [0.25, 0.3) is 0 Å². The largest absolute Gasteiger partial charge is 0.310 e. The van der Waals surface area contributed by atoms with Crippen molar-refractivity contribution in [2.24, 2.45) is 4.40 Å². The fourth-order valence-electron chi connectivity index (χ4n) is 0.255. The van der Waals surface area contributed by atoms with Crippen LogP contribution in [0.4, 0.5) is 0 Å². The van der Waals surface area contributed by atoms with Gasteiger partial charge in [0.1, 0.15) is 0 Å². The molecule has 6 heteroatoms. The summed E-state index contributed by atoms with van der Waals surface area (Å²) in [6.07, 6.45) is 1.82. The highest BCUT2D eigenvalue weighted by molar-refractivity contribution is 8.13. The summed E-state index contributed by atoms with van der Waals surface area (Å²) in [6.45, 7) is 0. The van der Waals surface area contributed by atoms with Crippen molar-refractivity contribution >= 4 is 28.2 Å². The Morgan fingerprint density at radius 1 is 2.00 bits per heavy atom. The number of nitrogens with one attached hydrogen (secondary N) is 1. The second-order valence-corrected chi connectivity index (χ2v) is 2.58. The molecule has 1 aliphatic rings. The van der Waals surface area contributed by atoms with Crippen LogP contribution < -0.4 is 5.48 Å². The molecule has 0 radical (unpaired) electrons. The topological polar surface area (TPSA) is 50.7 Å². The van der Waals surface area contributed by atoms with E-state index in [2.05, 4.69) is 14.2 Å². The second kappa shape index (κ2) is 2.47. The Bertz CT molecular complexity index is 145. The Morgan fingerprint density at radius 2 is 2.75 bits per heavy atom. The van der Waals surface area contributed by atoms with Gasteiger partial charge in [-0.15, -0.1) is 4.40 Å². The van der Waals surface area contributed by atoms with Crippen LogP contribution in [-0.2, 0) is 15.6 Å². The van der Waals surface area contributed by atoms with Gasteiger partial charge in [-0.1, -0.05) is 11.8 Å². The third kappa shape index (κ3) is 1.21. The van der Waals surface area contributed by atoms with Crippen molar-refractivity contribution in [3.63, 3.8) is 0 Å². The van der Waals surface area contributed by atoms with Crippen LogP contribution in [0.3, 0.4) is 0 Å². The van der Waals surface area contributed by atoms with E-state index in [0.29, 0.717) is 5.17 Å². The van der Waals surface area contributed by atoms with Crippen molar-refractivity contribution in [3.8, 4) is 0 Å². The van der Waals surface area contributed by atoms with Crippen molar-refractivity contribution in [2.75, 3.05) is 6.26 Å². The average molecular weight is 152 g/mol. The summed E-state index contributed by atoms with van der Waals surface area (Å²) in [4.78, 5) is 0. The molecular formula is C2H4N2O2S2. The zero-order valence-electron chi connectivity index (χ0n) is 4.08. The molecule has 0 bridgehead atoms. The van der Waals surface area contributed by atoms with Gasteiger partial charge in [-0.25, -0.2) is 9.69 Å². The van der Waals surface area contributed by atoms with E-state index in [1.807, 2.05) is 6.26 Å². The summed E-state index contributed by atoms with van der Waals surface area (Å²) < 4.78 is 18.1. The van der Waals surface area contributed by atoms with Gasteiger partial charge in [0, 0.05) is 0 Å². The monoisotopic (exact) mass is 152 g/mol. The number of amidine groups is 1. The third-order valence-corrected chi connectivity index (χ3v) is 1.79. The Labute approximate surface area is 53.5 Å². The van der Waals surface area contributed by atoms with E-state index in [4.69, 9.17) is 0 Å². The first kappa shape index (κ1) is 6.06. The first-order chi connectivity index (χ1) is 3.83. The van der Waals surface area contributed by atoms with E-state index < -0.39 is 11.3 Å². The van der Waals surface area contributed by atoms with Gasteiger partial charge in [0.25, 0.3) is 0 Å². The molecule has 0 amide bonds. The lowest BCUT2D eigenvalue weighted by Gasteiger charge is -1.87. The quantitative estimate of drug-likeness (QED) is 0.523. The lowest BCUT2D eigenvalue weighted by molar-refractivity contribution is 0.308. The Hall–Kier alpha value is -0.0700. The number of rotatable bonds is 0. The SMILES string of the molecule is CSC1=NS(=O)ON1. The number of thioether (sulfide) groups is 1. The van der Waals surface area contributed by atoms with Crippen LogP contribution in [0.15, 0.2) is 4.40 Å². The molecule has 0 saturated heterocycles. The molecule has 1 rings (SSSR count). The molecule has 0 aliphatic carbocycles. The summed E-state index contributed by atoms with van der Waals surface area (Å²) in [5.74, 6) is 0. The molecule has 4 nitrogen and oxygen atoms in total. The van der Waals surface area contributed by atoms with Crippen LogP contribution in [0.2, 0.25) is 0 Å². The predicted molar refractivity (Wildman–Crippen MR) is 33.3 cm³/mol. The highest BCUT2D eigenvalue weighted by Crippen LogP contribution is 2.03. The third-order valence-electron chi connectivity index (χ3n) is 0.551. The first-order valence-electron chi connectivity index (χ1n) is 1.81. The molecule has 1 aliphatic heterocycles. The highest BCUT2D eigenvalue weighted by atomic mass is 32.2. The molecule has 8 heavy (non-hydrogen) atoms. The van der Waals surface area contributed by atoms with Gasteiger partial charge in [-0.2, -0.15) is 4.28 Å². The van der Waals surface area contributed by atoms with E-state index in [9.17, 15) is 4.21 Å². The lowest BCUT2D eigenvalue weighted by atomic mass is 11.4. The van der Waals surface area contributed by atoms with Crippen LogP contribution in [0, 0.1) is 0 Å². The minimum absolute atomic E-state index is 0.559. The fourth-order valence-corrected chi connectivity index (χ4v) is 1.27. The Morgan fingerprint density at radius 3 is 3.00 bits per heavy atom. The highest BCUT2D eigenvalue weighted by Gasteiger charge is 2.10. The minimum atomic E-state index is -1.50. The first-order valence-corrected chi connectivity index (χ1v) is 4.06. The zero-order chi connectivity index (χ0) is 5.98. The summed E-state index contributed by atoms with van der Waals surface area (Å²) >= 11 is -0.140. The van der Waals surface area contributed by atoms with Gasteiger partial charge < -0.3 is 0 Å². The van der Waals surface area contributed by atoms with Gasteiger partial charge in [-0.3, -0.25) is 0 Å². The molecule has 1 heterocycles. The van der Waals surface area contributed by atoms with E-state index in [-0.39, 0.29) is 0 Å². The second-order valence-electron chi connectivity index (χ2n) is 1.00. The molecule has 1 N–H and O–H groups in total. The number of hydrogen-bond acceptors (Lipinski definition) is 4. The smallest absolute Gasteiger partial charge is 0.226 e. The number of hydrogen-bond donors (Lipinski definition) is 1. The van der Waals surface area contributed by atoms with Crippen LogP contribution in [0.5, 0.6) is 0 Å². The Balaban J connectivity index is 2.57. The van der Waals surface area contributed by atoms with E-state index in [0.717, 1.165) is 0 Å². The molecule has 0 fully saturated rings. The molecule has 0 aromatic rings. The molecule has 1 unspecified atom stereocenters. The summed E-state index contributed by atoms with van der Waals surface area (Å²) in [6, 6.07) is 0. The maximum atomic E-state index is 10.2. The van der Waals surface area contributed by atoms with Gasteiger partial charge in [0.05, 0.1) is 0 Å². The molecule has 1 atom stereocenters. The molecule has 46 valence electrons. The van der Waals surface area contributed by atoms with Crippen molar-refractivity contribution in [1.82, 2.24) is 5.48 Å². The predicted octanol–water partition coefficient (Wildman–Crippen LogP) is -0.181. The maximum Gasteiger partial charge on any atom is 0.310 e. The summed E-state index contributed by atoms with van der Waals surface area (Å²) in [5, 5.41) is 0.559. The normalized spacial score (nSPS) is 27.1. The molecular weight excluding hydrogens is 148 g/mol. The van der Waals surface area contributed by atoms with E-state index in [1.165, 1.54) is 11.8 Å². The van der Waals surface area contributed by atoms with Crippen molar-refractivity contribution in [1.29, 1.82) is 0 Å². The van der Waals surface area contributed by atoms with Gasteiger partial charge >= 0.3 is 11.3 Å². The summed E-state index contributed by atoms with van der Waals surface area (Å²) in [5.41, 5.74) is 2.37. The van der Waals surface area contributed by atoms with E-state index >= 15 is 0 Å². The van der Waals surface area contributed by atoms with Crippen molar-refractivity contribution in [2.45, 2.75) is 0 Å². The number of nitrogens with zero attached hydrogens (tertiary/aromatic N) is 1.